The molecule has 1 aromatic carbocycles. The van der Waals surface area contributed by atoms with Crippen LogP contribution in [0, 0.1) is 5.82 Å². The number of ether oxygens (including phenoxy) is 1. The van der Waals surface area contributed by atoms with Crippen molar-refractivity contribution in [2.75, 3.05) is 33.4 Å². The summed E-state index contributed by atoms with van der Waals surface area (Å²) in [5.41, 5.74) is 0.332. The molecule has 1 aliphatic heterocycles. The largest absolute Gasteiger partial charge is 0.379 e. The number of likely N-dealkylation sites (N-methyl/N-ethyl adjacent to an activating group) is 1. The fraction of sp³-hybridized carbons (Fsp3) is 0.600. The van der Waals surface area contributed by atoms with Gasteiger partial charge in [-0.05, 0) is 42.9 Å². The molecule has 1 fully saturated rings. The fourth-order valence-corrected chi connectivity index (χ4v) is 3.45. The van der Waals surface area contributed by atoms with Gasteiger partial charge in [-0.2, -0.15) is 0 Å². The molecule has 0 aliphatic carbocycles. The molecule has 3 nitrogen and oxygen atoms in total. The number of halogens is 3. The minimum absolute atomic E-state index is 0.130. The lowest BCUT2D eigenvalue weighted by Gasteiger charge is -2.46. The van der Waals surface area contributed by atoms with Crippen LogP contribution in [0.4, 0.5) is 4.39 Å². The van der Waals surface area contributed by atoms with E-state index in [0.717, 1.165) is 13.1 Å². The van der Waals surface area contributed by atoms with Gasteiger partial charge in [0, 0.05) is 28.7 Å². The van der Waals surface area contributed by atoms with Gasteiger partial charge < -0.3 is 10.1 Å². The minimum atomic E-state index is -0.369. The summed E-state index contributed by atoms with van der Waals surface area (Å²) in [5.74, 6) is -0.369. The molecule has 0 saturated carbocycles. The molecule has 1 aliphatic rings. The smallest absolute Gasteiger partial charge is 0.147 e. The topological polar surface area (TPSA) is 24.5 Å². The Morgan fingerprint density at radius 1 is 1.38 bits per heavy atom. The van der Waals surface area contributed by atoms with Gasteiger partial charge in [0.15, 0.2) is 0 Å². The van der Waals surface area contributed by atoms with E-state index >= 15 is 0 Å². The van der Waals surface area contributed by atoms with Crippen LogP contribution < -0.4 is 5.32 Å². The van der Waals surface area contributed by atoms with Crippen LogP contribution in [-0.4, -0.2) is 43.8 Å². The molecule has 0 bridgehead atoms. The quantitative estimate of drug-likeness (QED) is 0.809. The Bertz CT molecular complexity index is 507. The van der Waals surface area contributed by atoms with Crippen molar-refractivity contribution in [3.8, 4) is 0 Å². The van der Waals surface area contributed by atoms with Crippen molar-refractivity contribution in [1.82, 2.24) is 10.2 Å². The van der Waals surface area contributed by atoms with Crippen LogP contribution in [0.5, 0.6) is 0 Å². The molecule has 1 aromatic rings. The highest BCUT2D eigenvalue weighted by Gasteiger charge is 2.38. The first-order chi connectivity index (χ1) is 9.89. The molecule has 0 radical (unpaired) electrons. The van der Waals surface area contributed by atoms with Gasteiger partial charge in [0.2, 0.25) is 0 Å². The molecule has 0 aromatic heterocycles. The Balaban J connectivity index is 2.36. The predicted octanol–water partition coefficient (Wildman–Crippen LogP) is 3.61. The summed E-state index contributed by atoms with van der Waals surface area (Å²) in [5, 5.41) is 3.38. The van der Waals surface area contributed by atoms with Gasteiger partial charge in [-0.25, -0.2) is 4.39 Å². The molecule has 1 heterocycles. The van der Waals surface area contributed by atoms with Crippen LogP contribution in [0.3, 0.4) is 0 Å². The van der Waals surface area contributed by atoms with E-state index in [2.05, 4.69) is 40.0 Å². The molecule has 1 unspecified atom stereocenters. The zero-order valence-electron chi connectivity index (χ0n) is 12.5. The Morgan fingerprint density at radius 2 is 2.00 bits per heavy atom. The normalized spacial score (nSPS) is 18.8. The maximum atomic E-state index is 14.6. The number of hydrogen-bond acceptors (Lipinski definition) is 3. The van der Waals surface area contributed by atoms with E-state index in [4.69, 9.17) is 16.3 Å². The molecular weight excluding hydrogens is 359 g/mol. The van der Waals surface area contributed by atoms with E-state index in [1.54, 1.807) is 12.1 Å². The summed E-state index contributed by atoms with van der Waals surface area (Å²) in [4.78, 5) is 2.33. The molecule has 1 saturated heterocycles. The van der Waals surface area contributed by atoms with Gasteiger partial charge >= 0.3 is 0 Å². The number of nitrogens with zero attached hydrogens (tertiary/aromatic N) is 1. The van der Waals surface area contributed by atoms with E-state index in [0.29, 0.717) is 23.2 Å². The van der Waals surface area contributed by atoms with Crippen LogP contribution in [0.2, 0.25) is 5.02 Å². The highest BCUT2D eigenvalue weighted by molar-refractivity contribution is 9.10. The molecule has 1 N–H and O–H groups in total. The zero-order valence-corrected chi connectivity index (χ0v) is 14.9. The predicted molar refractivity (Wildman–Crippen MR) is 87.4 cm³/mol. The first-order valence-corrected chi connectivity index (χ1v) is 8.20. The van der Waals surface area contributed by atoms with Crippen molar-refractivity contribution in [3.63, 3.8) is 0 Å². The Kier molecular flexibility index (Phi) is 5.65. The summed E-state index contributed by atoms with van der Waals surface area (Å²) < 4.78 is 20.5. The zero-order chi connectivity index (χ0) is 15.6. The highest BCUT2D eigenvalue weighted by atomic mass is 79.9. The molecular formula is C15H21BrClFN2O. The van der Waals surface area contributed by atoms with Crippen LogP contribution in [0.1, 0.15) is 25.5 Å². The van der Waals surface area contributed by atoms with Gasteiger partial charge in [0.05, 0.1) is 24.3 Å². The standard InChI is InChI=1S/C15H21BrClFN2O/c1-15(2,20-6-8-21-9-7-20)14(19-3)10-4-5-11(16)12(17)13(10)18/h4-5,14,19H,6-9H2,1-3H3. The number of nitrogens with one attached hydrogen (secondary N) is 1. The second kappa shape index (κ2) is 6.92. The Labute approximate surface area is 138 Å². The monoisotopic (exact) mass is 378 g/mol. The second-order valence-corrected chi connectivity index (χ2v) is 6.97. The molecule has 1 atom stereocenters. The van der Waals surface area contributed by atoms with Gasteiger partial charge in [0.1, 0.15) is 5.82 Å². The lowest BCUT2D eigenvalue weighted by atomic mass is 9.86. The van der Waals surface area contributed by atoms with E-state index in [1.807, 2.05) is 7.05 Å². The maximum Gasteiger partial charge on any atom is 0.147 e. The van der Waals surface area contributed by atoms with Crippen molar-refractivity contribution >= 4 is 27.5 Å². The van der Waals surface area contributed by atoms with E-state index in [9.17, 15) is 4.39 Å². The fourth-order valence-electron chi connectivity index (χ4n) is 2.98. The number of benzene rings is 1. The summed E-state index contributed by atoms with van der Waals surface area (Å²) in [6.45, 7) is 7.35. The lowest BCUT2D eigenvalue weighted by Crippen LogP contribution is -2.55. The van der Waals surface area contributed by atoms with Crippen LogP contribution in [0.15, 0.2) is 16.6 Å². The van der Waals surface area contributed by atoms with E-state index in [1.165, 1.54) is 0 Å². The van der Waals surface area contributed by atoms with Crippen molar-refractivity contribution < 1.29 is 9.13 Å². The van der Waals surface area contributed by atoms with Crippen molar-refractivity contribution in [2.24, 2.45) is 0 Å². The van der Waals surface area contributed by atoms with Gasteiger partial charge in [-0.1, -0.05) is 17.7 Å². The first kappa shape index (κ1) is 17.2. The number of morpholine rings is 1. The number of rotatable bonds is 4. The molecule has 0 spiro atoms. The van der Waals surface area contributed by atoms with Crippen LogP contribution in [0.25, 0.3) is 0 Å². The molecule has 2 rings (SSSR count). The van der Waals surface area contributed by atoms with E-state index in [-0.39, 0.29) is 22.4 Å². The Hall–Kier alpha value is -0.200. The third-order valence-electron chi connectivity index (χ3n) is 4.20. The van der Waals surface area contributed by atoms with Crippen LogP contribution >= 0.6 is 27.5 Å². The van der Waals surface area contributed by atoms with Crippen LogP contribution in [-0.2, 0) is 4.74 Å². The average Bonchev–Trinajstić information content (AvgIpc) is 2.48. The van der Waals surface area contributed by atoms with Gasteiger partial charge in [0.25, 0.3) is 0 Å². The minimum Gasteiger partial charge on any atom is -0.379 e. The van der Waals surface area contributed by atoms with Gasteiger partial charge in [-0.3, -0.25) is 4.90 Å². The average molecular weight is 380 g/mol. The molecule has 6 heteroatoms. The van der Waals surface area contributed by atoms with Crippen molar-refractivity contribution in [2.45, 2.75) is 25.4 Å². The molecule has 21 heavy (non-hydrogen) atoms. The Morgan fingerprint density at radius 3 is 2.57 bits per heavy atom. The third-order valence-corrected chi connectivity index (χ3v) is 5.46. The lowest BCUT2D eigenvalue weighted by molar-refractivity contribution is -0.0233. The number of hydrogen-bond donors (Lipinski definition) is 1. The van der Waals surface area contributed by atoms with Gasteiger partial charge in [-0.15, -0.1) is 0 Å². The second-order valence-electron chi connectivity index (χ2n) is 5.74. The summed E-state index contributed by atoms with van der Waals surface area (Å²) >= 11 is 9.30. The SMILES string of the molecule is CNC(c1ccc(Br)c(Cl)c1F)C(C)(C)N1CCOCC1. The summed E-state index contributed by atoms with van der Waals surface area (Å²) in [6.07, 6.45) is 0. The first-order valence-electron chi connectivity index (χ1n) is 7.03. The van der Waals surface area contributed by atoms with Crippen molar-refractivity contribution in [1.29, 1.82) is 0 Å². The third kappa shape index (κ3) is 3.42. The summed E-state index contributed by atoms with van der Waals surface area (Å²) in [7, 11) is 1.85. The van der Waals surface area contributed by atoms with E-state index < -0.39 is 0 Å². The maximum absolute atomic E-state index is 14.6. The molecule has 118 valence electrons. The van der Waals surface area contributed by atoms with Crippen molar-refractivity contribution in [3.05, 3.63) is 33.0 Å². The highest BCUT2D eigenvalue weighted by Crippen LogP contribution is 2.36. The molecule has 0 amide bonds. The summed E-state index contributed by atoms with van der Waals surface area (Å²) in [6, 6.07) is 3.41.